The van der Waals surface area contributed by atoms with E-state index in [4.69, 9.17) is 4.74 Å². The van der Waals surface area contributed by atoms with Gasteiger partial charge in [0.1, 0.15) is 0 Å². The summed E-state index contributed by atoms with van der Waals surface area (Å²) >= 11 is 0. The quantitative estimate of drug-likeness (QED) is 0.838. The number of hydrogen-bond donors (Lipinski definition) is 2. The van der Waals surface area contributed by atoms with Crippen LogP contribution in [0.25, 0.3) is 0 Å². The van der Waals surface area contributed by atoms with Crippen LogP contribution in [-0.4, -0.2) is 25.2 Å². The standard InChI is InChI=1S/C12H10F3N3O3S/c13-8-3-6(4-9(14)11(8)15)22(19,20)18-12-7-5-21-2-1-10(7)16-17-12/h3-4H,1-2,5H2,(H2,16,17,18). The molecular weight excluding hydrogens is 323 g/mol. The molecule has 118 valence electrons. The van der Waals surface area contributed by atoms with Crippen LogP contribution in [0.3, 0.4) is 0 Å². The minimum absolute atomic E-state index is 0.0140. The fraction of sp³-hybridized carbons (Fsp3) is 0.250. The third-order valence-corrected chi connectivity index (χ3v) is 4.51. The number of anilines is 1. The van der Waals surface area contributed by atoms with Crippen LogP contribution in [0.4, 0.5) is 19.0 Å². The normalized spacial score (nSPS) is 14.7. The Labute approximate surface area is 123 Å². The molecule has 1 aromatic carbocycles. The summed E-state index contributed by atoms with van der Waals surface area (Å²) in [5.41, 5.74) is 1.25. The molecule has 2 heterocycles. The Kier molecular flexibility index (Phi) is 3.57. The first-order valence-corrected chi connectivity index (χ1v) is 7.68. The van der Waals surface area contributed by atoms with Crippen LogP contribution < -0.4 is 4.72 Å². The van der Waals surface area contributed by atoms with Crippen molar-refractivity contribution in [3.8, 4) is 0 Å². The highest BCUT2D eigenvalue weighted by atomic mass is 32.2. The minimum Gasteiger partial charge on any atom is -0.376 e. The second kappa shape index (κ2) is 5.29. The summed E-state index contributed by atoms with van der Waals surface area (Å²) in [6.45, 7) is 0.644. The maximum Gasteiger partial charge on any atom is 0.263 e. The van der Waals surface area contributed by atoms with Crippen LogP contribution in [0, 0.1) is 17.5 Å². The predicted octanol–water partition coefficient (Wildman–Crippen LogP) is 1.70. The topological polar surface area (TPSA) is 84.1 Å². The van der Waals surface area contributed by atoms with Gasteiger partial charge in [-0.25, -0.2) is 21.6 Å². The van der Waals surface area contributed by atoms with Gasteiger partial charge in [0.15, 0.2) is 23.3 Å². The lowest BCUT2D eigenvalue weighted by molar-refractivity contribution is 0.110. The molecule has 6 nitrogen and oxygen atoms in total. The number of fused-ring (bicyclic) bond motifs is 1. The van der Waals surface area contributed by atoms with E-state index in [9.17, 15) is 21.6 Å². The molecule has 0 saturated carbocycles. The Morgan fingerprint density at radius 1 is 1.23 bits per heavy atom. The smallest absolute Gasteiger partial charge is 0.263 e. The van der Waals surface area contributed by atoms with Crippen LogP contribution in [0.5, 0.6) is 0 Å². The number of sulfonamides is 1. The summed E-state index contributed by atoms with van der Waals surface area (Å²) in [4.78, 5) is -0.739. The van der Waals surface area contributed by atoms with Gasteiger partial charge in [0.25, 0.3) is 10.0 Å². The molecule has 0 saturated heterocycles. The Balaban J connectivity index is 1.96. The monoisotopic (exact) mass is 333 g/mol. The van der Waals surface area contributed by atoms with Crippen molar-refractivity contribution < 1.29 is 26.3 Å². The number of nitrogens with zero attached hydrogens (tertiary/aromatic N) is 1. The van der Waals surface area contributed by atoms with Gasteiger partial charge in [0.2, 0.25) is 0 Å². The number of ether oxygens (including phenoxy) is 1. The van der Waals surface area contributed by atoms with Gasteiger partial charge in [-0.1, -0.05) is 0 Å². The first-order valence-electron chi connectivity index (χ1n) is 6.19. The Morgan fingerprint density at radius 2 is 1.91 bits per heavy atom. The highest BCUT2D eigenvalue weighted by molar-refractivity contribution is 7.92. The molecular formula is C12H10F3N3O3S. The van der Waals surface area contributed by atoms with Gasteiger partial charge in [0, 0.05) is 17.7 Å². The van der Waals surface area contributed by atoms with E-state index in [1.54, 1.807) is 0 Å². The van der Waals surface area contributed by atoms with Gasteiger partial charge in [-0.15, -0.1) is 0 Å². The fourth-order valence-electron chi connectivity index (χ4n) is 2.07. The highest BCUT2D eigenvalue weighted by Crippen LogP contribution is 2.25. The van der Waals surface area contributed by atoms with E-state index in [-0.39, 0.29) is 12.4 Å². The Bertz CT molecular complexity index is 812. The lowest BCUT2D eigenvalue weighted by Gasteiger charge is -2.13. The third-order valence-electron chi connectivity index (χ3n) is 3.19. The highest BCUT2D eigenvalue weighted by Gasteiger charge is 2.24. The Morgan fingerprint density at radius 3 is 2.59 bits per heavy atom. The molecule has 22 heavy (non-hydrogen) atoms. The van der Waals surface area contributed by atoms with E-state index in [0.29, 0.717) is 30.7 Å². The second-order valence-electron chi connectivity index (χ2n) is 4.64. The van der Waals surface area contributed by atoms with E-state index in [1.807, 2.05) is 0 Å². The van der Waals surface area contributed by atoms with E-state index in [2.05, 4.69) is 14.9 Å². The Hall–Kier alpha value is -2.07. The van der Waals surface area contributed by atoms with Gasteiger partial charge >= 0.3 is 0 Å². The van der Waals surface area contributed by atoms with Crippen molar-refractivity contribution in [1.29, 1.82) is 0 Å². The SMILES string of the molecule is O=S(=O)(Nc1n[nH]c2c1COCC2)c1cc(F)c(F)c(F)c1. The van der Waals surface area contributed by atoms with Gasteiger partial charge in [0.05, 0.1) is 18.1 Å². The molecule has 1 aliphatic heterocycles. The number of benzene rings is 1. The van der Waals surface area contributed by atoms with Crippen molar-refractivity contribution in [2.75, 3.05) is 11.3 Å². The number of aromatic amines is 1. The first kappa shape index (κ1) is 14.9. The summed E-state index contributed by atoms with van der Waals surface area (Å²) < 4.78 is 70.8. The number of aromatic nitrogens is 2. The molecule has 0 fully saturated rings. The molecule has 1 aromatic heterocycles. The van der Waals surface area contributed by atoms with Gasteiger partial charge in [-0.05, 0) is 12.1 Å². The number of halogens is 3. The van der Waals surface area contributed by atoms with Gasteiger partial charge in [-0.2, -0.15) is 5.10 Å². The molecule has 0 unspecified atom stereocenters. The number of rotatable bonds is 3. The van der Waals surface area contributed by atoms with E-state index < -0.39 is 32.4 Å². The van der Waals surface area contributed by atoms with Crippen LogP contribution in [0.1, 0.15) is 11.3 Å². The zero-order valence-corrected chi connectivity index (χ0v) is 11.8. The predicted molar refractivity (Wildman–Crippen MR) is 69.1 cm³/mol. The average Bonchev–Trinajstić information content (AvgIpc) is 2.87. The molecule has 2 N–H and O–H groups in total. The molecule has 0 atom stereocenters. The van der Waals surface area contributed by atoms with E-state index in [1.165, 1.54) is 0 Å². The molecule has 10 heteroatoms. The largest absolute Gasteiger partial charge is 0.376 e. The lowest BCUT2D eigenvalue weighted by atomic mass is 10.1. The number of H-pyrrole nitrogens is 1. The summed E-state index contributed by atoms with van der Waals surface area (Å²) in [6.07, 6.45) is 0.546. The summed E-state index contributed by atoms with van der Waals surface area (Å²) in [5, 5.41) is 6.48. The maximum absolute atomic E-state index is 13.2. The summed E-state index contributed by atoms with van der Waals surface area (Å²) in [7, 11) is -4.31. The van der Waals surface area contributed by atoms with E-state index in [0.717, 1.165) is 5.69 Å². The minimum atomic E-state index is -4.31. The molecule has 1 aliphatic rings. The van der Waals surface area contributed by atoms with Crippen LogP contribution in [0.15, 0.2) is 17.0 Å². The molecule has 0 radical (unpaired) electrons. The second-order valence-corrected chi connectivity index (χ2v) is 6.32. The number of nitrogens with one attached hydrogen (secondary N) is 2. The van der Waals surface area contributed by atoms with Crippen LogP contribution >= 0.6 is 0 Å². The van der Waals surface area contributed by atoms with Crippen molar-refractivity contribution >= 4 is 15.8 Å². The van der Waals surface area contributed by atoms with Crippen LogP contribution in [-0.2, 0) is 27.8 Å². The third kappa shape index (κ3) is 2.55. The fourth-order valence-corrected chi connectivity index (χ4v) is 3.13. The van der Waals surface area contributed by atoms with E-state index >= 15 is 0 Å². The molecule has 0 spiro atoms. The maximum atomic E-state index is 13.2. The van der Waals surface area contributed by atoms with Gasteiger partial charge in [-0.3, -0.25) is 9.82 Å². The van der Waals surface area contributed by atoms with Crippen molar-refractivity contribution in [1.82, 2.24) is 10.2 Å². The number of hydrogen-bond acceptors (Lipinski definition) is 4. The van der Waals surface area contributed by atoms with Crippen molar-refractivity contribution in [2.45, 2.75) is 17.9 Å². The zero-order chi connectivity index (χ0) is 15.9. The summed E-state index contributed by atoms with van der Waals surface area (Å²) in [5.74, 6) is -4.93. The molecule has 2 aromatic rings. The van der Waals surface area contributed by atoms with Crippen molar-refractivity contribution in [3.05, 3.63) is 40.8 Å². The van der Waals surface area contributed by atoms with Crippen LogP contribution in [0.2, 0.25) is 0 Å². The zero-order valence-electron chi connectivity index (χ0n) is 11.0. The van der Waals surface area contributed by atoms with Gasteiger partial charge < -0.3 is 4.74 Å². The molecule has 3 rings (SSSR count). The average molecular weight is 333 g/mol. The van der Waals surface area contributed by atoms with Crippen molar-refractivity contribution in [3.63, 3.8) is 0 Å². The van der Waals surface area contributed by atoms with Crippen molar-refractivity contribution in [2.24, 2.45) is 0 Å². The summed E-state index contributed by atoms with van der Waals surface area (Å²) in [6, 6.07) is 0.798. The lowest BCUT2D eigenvalue weighted by Crippen LogP contribution is -2.17. The molecule has 0 amide bonds. The molecule has 0 aliphatic carbocycles. The first-order chi connectivity index (χ1) is 10.4. The molecule has 0 bridgehead atoms.